The van der Waals surface area contributed by atoms with Gasteiger partial charge in [0.2, 0.25) is 10.0 Å². The molecular weight excluding hydrogens is 170 g/mol. The lowest BCUT2D eigenvalue weighted by Crippen LogP contribution is -2.31. The molecule has 0 unspecified atom stereocenters. The summed E-state index contributed by atoms with van der Waals surface area (Å²) in [6.07, 6.45) is 1.03. The zero-order valence-electron chi connectivity index (χ0n) is 6.32. The van der Waals surface area contributed by atoms with Crippen LogP contribution in [0.2, 0.25) is 0 Å². The van der Waals surface area contributed by atoms with E-state index in [0.29, 0.717) is 0 Å². The highest BCUT2D eigenvalue weighted by atomic mass is 32.2. The van der Waals surface area contributed by atoms with Gasteiger partial charge in [-0.2, -0.15) is 0 Å². The summed E-state index contributed by atoms with van der Waals surface area (Å²) >= 11 is 0. The Labute approximate surface area is 66.1 Å². The molecule has 0 saturated heterocycles. The van der Waals surface area contributed by atoms with Crippen molar-refractivity contribution in [2.24, 2.45) is 5.92 Å². The molecule has 6 heteroatoms. The van der Waals surface area contributed by atoms with Crippen LogP contribution in [0, 0.1) is 5.92 Å². The molecule has 3 N–H and O–H groups in total. The van der Waals surface area contributed by atoms with Crippen molar-refractivity contribution in [1.82, 2.24) is 4.72 Å². The maximum absolute atomic E-state index is 10.5. The number of aliphatic hydroxyl groups is 2. The van der Waals surface area contributed by atoms with Gasteiger partial charge in [0.25, 0.3) is 0 Å². The van der Waals surface area contributed by atoms with Crippen LogP contribution < -0.4 is 4.72 Å². The Morgan fingerprint density at radius 2 is 1.82 bits per heavy atom. The molecule has 0 aromatic heterocycles. The van der Waals surface area contributed by atoms with Gasteiger partial charge in [-0.15, -0.1) is 0 Å². The SMILES string of the molecule is CS(=O)(=O)NCC(CO)CO. The third-order valence-electron chi connectivity index (χ3n) is 1.15. The number of sulfonamides is 1. The summed E-state index contributed by atoms with van der Waals surface area (Å²) in [5.74, 6) is -0.412. The molecule has 0 aliphatic heterocycles. The molecule has 0 spiro atoms. The van der Waals surface area contributed by atoms with E-state index in [1.165, 1.54) is 0 Å². The van der Waals surface area contributed by atoms with Gasteiger partial charge in [0, 0.05) is 25.7 Å². The zero-order chi connectivity index (χ0) is 8.91. The van der Waals surface area contributed by atoms with Crippen LogP contribution in [-0.2, 0) is 10.0 Å². The molecule has 0 fully saturated rings. The second-order valence-electron chi connectivity index (χ2n) is 2.35. The Kier molecular flexibility index (Phi) is 4.58. The van der Waals surface area contributed by atoms with E-state index in [0.717, 1.165) is 6.26 Å². The molecule has 0 aliphatic carbocycles. The van der Waals surface area contributed by atoms with Crippen LogP contribution in [0.15, 0.2) is 0 Å². The topological polar surface area (TPSA) is 86.6 Å². The molecule has 0 atom stereocenters. The van der Waals surface area contributed by atoms with Gasteiger partial charge in [0.05, 0.1) is 6.26 Å². The number of hydrogen-bond acceptors (Lipinski definition) is 4. The van der Waals surface area contributed by atoms with E-state index in [1.54, 1.807) is 0 Å². The van der Waals surface area contributed by atoms with Gasteiger partial charge in [-0.1, -0.05) is 0 Å². The van der Waals surface area contributed by atoms with Gasteiger partial charge in [-0.05, 0) is 0 Å². The average Bonchev–Trinajstić information content (AvgIpc) is 1.88. The molecule has 5 nitrogen and oxygen atoms in total. The minimum atomic E-state index is -3.21. The third-order valence-corrected chi connectivity index (χ3v) is 1.84. The molecule has 0 rings (SSSR count). The van der Waals surface area contributed by atoms with Crippen LogP contribution in [0.3, 0.4) is 0 Å². The van der Waals surface area contributed by atoms with E-state index < -0.39 is 15.9 Å². The van der Waals surface area contributed by atoms with Crippen LogP contribution in [0.25, 0.3) is 0 Å². The van der Waals surface area contributed by atoms with Crippen molar-refractivity contribution >= 4 is 10.0 Å². The molecule has 0 aliphatic rings. The Morgan fingerprint density at radius 3 is 2.09 bits per heavy atom. The third kappa shape index (κ3) is 6.24. The van der Waals surface area contributed by atoms with E-state index in [2.05, 4.69) is 4.72 Å². The Bertz CT molecular complexity index is 185. The fourth-order valence-electron chi connectivity index (χ4n) is 0.456. The Balaban J connectivity index is 3.69. The lowest BCUT2D eigenvalue weighted by Gasteiger charge is -2.09. The first kappa shape index (κ1) is 10.8. The maximum atomic E-state index is 10.5. The van der Waals surface area contributed by atoms with E-state index >= 15 is 0 Å². The van der Waals surface area contributed by atoms with E-state index in [4.69, 9.17) is 10.2 Å². The maximum Gasteiger partial charge on any atom is 0.208 e. The van der Waals surface area contributed by atoms with Crippen molar-refractivity contribution in [1.29, 1.82) is 0 Å². The highest BCUT2D eigenvalue weighted by Gasteiger charge is 2.08. The van der Waals surface area contributed by atoms with E-state index in [9.17, 15) is 8.42 Å². The number of hydrogen-bond donors (Lipinski definition) is 3. The van der Waals surface area contributed by atoms with Gasteiger partial charge in [-0.25, -0.2) is 13.1 Å². The standard InChI is InChI=1S/C5H13NO4S/c1-11(9,10)6-2-5(3-7)4-8/h5-8H,2-4H2,1H3. The lowest BCUT2D eigenvalue weighted by atomic mass is 10.2. The normalized spacial score (nSPS) is 12.4. The molecule has 0 bridgehead atoms. The second-order valence-corrected chi connectivity index (χ2v) is 4.18. The molecule has 0 amide bonds. The molecule has 0 heterocycles. The highest BCUT2D eigenvalue weighted by molar-refractivity contribution is 7.88. The van der Waals surface area contributed by atoms with Crippen LogP contribution in [0.5, 0.6) is 0 Å². The summed E-state index contributed by atoms with van der Waals surface area (Å²) in [5, 5.41) is 17.1. The van der Waals surface area contributed by atoms with Crippen LogP contribution in [0.1, 0.15) is 0 Å². The first-order chi connectivity index (χ1) is 4.99. The van der Waals surface area contributed by atoms with E-state index in [-0.39, 0.29) is 19.8 Å². The minimum absolute atomic E-state index is 0.0752. The van der Waals surface area contributed by atoms with Crippen LogP contribution in [-0.4, -0.2) is 44.6 Å². The van der Waals surface area contributed by atoms with Crippen molar-refractivity contribution in [3.8, 4) is 0 Å². The van der Waals surface area contributed by atoms with Crippen molar-refractivity contribution in [2.45, 2.75) is 0 Å². The molecule has 0 aromatic rings. The van der Waals surface area contributed by atoms with Gasteiger partial charge in [0.1, 0.15) is 0 Å². The zero-order valence-corrected chi connectivity index (χ0v) is 7.13. The smallest absolute Gasteiger partial charge is 0.208 e. The molecule has 11 heavy (non-hydrogen) atoms. The molecule has 68 valence electrons. The fourth-order valence-corrected chi connectivity index (χ4v) is 0.995. The molecule has 0 saturated carbocycles. The van der Waals surface area contributed by atoms with Crippen LogP contribution >= 0.6 is 0 Å². The molecule has 0 aromatic carbocycles. The summed E-state index contributed by atoms with van der Waals surface area (Å²) in [5.41, 5.74) is 0. The summed E-state index contributed by atoms with van der Waals surface area (Å²) in [6.45, 7) is -0.371. The van der Waals surface area contributed by atoms with Crippen molar-refractivity contribution in [3.63, 3.8) is 0 Å². The lowest BCUT2D eigenvalue weighted by molar-refractivity contribution is 0.152. The summed E-state index contributed by atoms with van der Waals surface area (Å²) < 4.78 is 23.2. The fraction of sp³-hybridized carbons (Fsp3) is 1.00. The Morgan fingerprint density at radius 1 is 1.36 bits per heavy atom. The van der Waals surface area contributed by atoms with Gasteiger partial charge in [0.15, 0.2) is 0 Å². The van der Waals surface area contributed by atoms with Crippen molar-refractivity contribution < 1.29 is 18.6 Å². The van der Waals surface area contributed by atoms with Gasteiger partial charge >= 0.3 is 0 Å². The average molecular weight is 183 g/mol. The predicted molar refractivity (Wildman–Crippen MR) is 40.5 cm³/mol. The molecule has 0 radical (unpaired) electrons. The van der Waals surface area contributed by atoms with Gasteiger partial charge in [-0.3, -0.25) is 0 Å². The van der Waals surface area contributed by atoms with Crippen molar-refractivity contribution in [2.75, 3.05) is 26.0 Å². The van der Waals surface area contributed by atoms with Crippen LogP contribution in [0.4, 0.5) is 0 Å². The van der Waals surface area contributed by atoms with Crippen molar-refractivity contribution in [3.05, 3.63) is 0 Å². The monoisotopic (exact) mass is 183 g/mol. The Hall–Kier alpha value is -0.170. The predicted octanol–water partition coefficient (Wildman–Crippen LogP) is -1.86. The summed E-state index contributed by atoms with van der Waals surface area (Å²) in [4.78, 5) is 0. The minimum Gasteiger partial charge on any atom is -0.396 e. The number of rotatable bonds is 5. The first-order valence-electron chi connectivity index (χ1n) is 3.16. The quantitative estimate of drug-likeness (QED) is 0.466. The largest absolute Gasteiger partial charge is 0.396 e. The summed E-state index contributed by atoms with van der Waals surface area (Å²) in [6, 6.07) is 0. The molecular formula is C5H13NO4S. The van der Waals surface area contributed by atoms with E-state index in [1.807, 2.05) is 0 Å². The van der Waals surface area contributed by atoms with Gasteiger partial charge < -0.3 is 10.2 Å². The first-order valence-corrected chi connectivity index (χ1v) is 5.05. The highest BCUT2D eigenvalue weighted by Crippen LogP contribution is 1.90. The second kappa shape index (κ2) is 4.66. The summed E-state index contributed by atoms with van der Waals surface area (Å²) in [7, 11) is -3.21. The number of nitrogens with one attached hydrogen (secondary N) is 1. The number of aliphatic hydroxyl groups excluding tert-OH is 2.